The first-order chi connectivity index (χ1) is 9.17. The highest BCUT2D eigenvalue weighted by molar-refractivity contribution is 7.15. The van der Waals surface area contributed by atoms with E-state index in [1.807, 2.05) is 26.1 Å². The number of anilines is 1. The van der Waals surface area contributed by atoms with Crippen LogP contribution in [0.1, 0.15) is 40.9 Å². The van der Waals surface area contributed by atoms with Gasteiger partial charge in [0.2, 0.25) is 0 Å². The van der Waals surface area contributed by atoms with Crippen molar-refractivity contribution in [1.29, 1.82) is 0 Å². The molecule has 3 rings (SSSR count). The highest BCUT2D eigenvalue weighted by Gasteiger charge is 2.29. The van der Waals surface area contributed by atoms with Gasteiger partial charge in [0.15, 0.2) is 5.13 Å². The van der Waals surface area contributed by atoms with E-state index in [0.717, 1.165) is 23.2 Å². The topological polar surface area (TPSA) is 55.3 Å². The Bertz CT molecular complexity index is 571. The third-order valence-electron chi connectivity index (χ3n) is 3.38. The Kier molecular flexibility index (Phi) is 3.33. The van der Waals surface area contributed by atoms with Gasteiger partial charge in [-0.2, -0.15) is 0 Å². The van der Waals surface area contributed by atoms with E-state index in [1.54, 1.807) is 11.3 Å². The molecule has 2 aromatic heterocycles. The van der Waals surface area contributed by atoms with Gasteiger partial charge in [0.05, 0.1) is 12.2 Å². The van der Waals surface area contributed by atoms with Crippen LogP contribution >= 0.6 is 11.3 Å². The van der Waals surface area contributed by atoms with E-state index < -0.39 is 0 Å². The van der Waals surface area contributed by atoms with Crippen LogP contribution in [-0.4, -0.2) is 12.0 Å². The molecule has 1 fully saturated rings. The van der Waals surface area contributed by atoms with E-state index in [0.29, 0.717) is 12.5 Å². The third-order valence-corrected chi connectivity index (χ3v) is 4.59. The summed E-state index contributed by atoms with van der Waals surface area (Å²) in [6.07, 6.45) is 2.52. The molecule has 5 heteroatoms. The summed E-state index contributed by atoms with van der Waals surface area (Å²) in [6.45, 7) is 3.30. The second-order valence-electron chi connectivity index (χ2n) is 5.15. The minimum atomic E-state index is 0.594. The first-order valence-electron chi connectivity index (χ1n) is 6.63. The molecule has 2 aromatic rings. The fourth-order valence-corrected chi connectivity index (χ4v) is 3.19. The van der Waals surface area contributed by atoms with E-state index in [9.17, 15) is 0 Å². The Morgan fingerprint density at radius 1 is 1.47 bits per heavy atom. The van der Waals surface area contributed by atoms with Crippen molar-refractivity contribution in [2.24, 2.45) is 5.73 Å². The number of nitrogens with two attached hydrogens (primary N) is 1. The van der Waals surface area contributed by atoms with Gasteiger partial charge in [0, 0.05) is 24.4 Å². The van der Waals surface area contributed by atoms with Crippen molar-refractivity contribution in [2.45, 2.75) is 38.8 Å². The summed E-state index contributed by atoms with van der Waals surface area (Å²) in [6, 6.07) is 4.01. The van der Waals surface area contributed by atoms with Crippen LogP contribution in [0.25, 0.3) is 0 Å². The summed E-state index contributed by atoms with van der Waals surface area (Å²) >= 11 is 1.71. The van der Waals surface area contributed by atoms with Gasteiger partial charge in [-0.05, 0) is 31.9 Å². The summed E-state index contributed by atoms with van der Waals surface area (Å²) in [7, 11) is 2.05. The largest absolute Gasteiger partial charge is 0.464 e. The number of nitrogens with zero attached hydrogens (tertiary/aromatic N) is 2. The molecule has 102 valence electrons. The molecule has 0 aliphatic heterocycles. The van der Waals surface area contributed by atoms with Gasteiger partial charge < -0.3 is 15.1 Å². The molecular formula is C14H19N3OS. The van der Waals surface area contributed by atoms with Gasteiger partial charge in [-0.25, -0.2) is 4.98 Å². The van der Waals surface area contributed by atoms with Crippen molar-refractivity contribution in [1.82, 2.24) is 4.98 Å². The first-order valence-corrected chi connectivity index (χ1v) is 7.45. The molecule has 0 unspecified atom stereocenters. The lowest BCUT2D eigenvalue weighted by Crippen LogP contribution is -2.15. The van der Waals surface area contributed by atoms with Gasteiger partial charge in [-0.3, -0.25) is 0 Å². The average Bonchev–Trinajstić information content (AvgIpc) is 3.01. The van der Waals surface area contributed by atoms with Crippen molar-refractivity contribution in [3.8, 4) is 0 Å². The number of hydrogen-bond acceptors (Lipinski definition) is 5. The predicted octanol–water partition coefficient (Wildman–Crippen LogP) is 3.02. The van der Waals surface area contributed by atoms with Gasteiger partial charge in [0.25, 0.3) is 0 Å². The molecule has 1 aliphatic carbocycles. The summed E-state index contributed by atoms with van der Waals surface area (Å²) in [5.41, 5.74) is 7.05. The lowest BCUT2D eigenvalue weighted by Gasteiger charge is -2.13. The zero-order valence-electron chi connectivity index (χ0n) is 11.3. The highest BCUT2D eigenvalue weighted by atomic mass is 32.1. The molecule has 0 radical (unpaired) electrons. The van der Waals surface area contributed by atoms with Crippen LogP contribution in [0.5, 0.6) is 0 Å². The molecule has 0 amide bonds. The van der Waals surface area contributed by atoms with Crippen molar-refractivity contribution in [3.05, 3.63) is 34.2 Å². The van der Waals surface area contributed by atoms with Crippen LogP contribution in [0.3, 0.4) is 0 Å². The van der Waals surface area contributed by atoms with E-state index in [4.69, 9.17) is 15.1 Å². The Labute approximate surface area is 117 Å². The molecule has 19 heavy (non-hydrogen) atoms. The summed E-state index contributed by atoms with van der Waals surface area (Å²) in [5.74, 6) is 2.57. The summed E-state index contributed by atoms with van der Waals surface area (Å²) in [4.78, 5) is 8.14. The number of aromatic nitrogens is 1. The normalized spacial score (nSPS) is 14.9. The number of thiazole rings is 1. The number of rotatable bonds is 5. The second-order valence-corrected chi connectivity index (χ2v) is 6.21. The molecule has 4 nitrogen and oxygen atoms in total. The Morgan fingerprint density at radius 2 is 2.26 bits per heavy atom. The number of furan rings is 1. The van der Waals surface area contributed by atoms with Crippen LogP contribution in [0.4, 0.5) is 5.13 Å². The molecular weight excluding hydrogens is 258 g/mol. The third kappa shape index (κ3) is 2.67. The van der Waals surface area contributed by atoms with E-state index in [1.165, 1.54) is 23.4 Å². The predicted molar refractivity (Wildman–Crippen MR) is 77.5 cm³/mol. The smallest absolute Gasteiger partial charge is 0.185 e. The Morgan fingerprint density at radius 3 is 2.84 bits per heavy atom. The van der Waals surface area contributed by atoms with Crippen LogP contribution in [0.15, 0.2) is 16.5 Å². The molecule has 0 saturated heterocycles. The van der Waals surface area contributed by atoms with Crippen molar-refractivity contribution < 1.29 is 4.42 Å². The van der Waals surface area contributed by atoms with Crippen LogP contribution in [0.2, 0.25) is 0 Å². The van der Waals surface area contributed by atoms with Crippen LogP contribution in [-0.2, 0) is 13.1 Å². The van der Waals surface area contributed by atoms with E-state index in [-0.39, 0.29) is 0 Å². The second kappa shape index (κ2) is 4.98. The van der Waals surface area contributed by atoms with Crippen molar-refractivity contribution >= 4 is 16.5 Å². The SMILES string of the molecule is Cc1ccc(CN(C)c2nc(C3CC3)c(CN)s2)o1. The number of hydrogen-bond donors (Lipinski definition) is 1. The molecule has 1 aliphatic rings. The Balaban J connectivity index is 1.77. The maximum absolute atomic E-state index is 5.82. The van der Waals surface area contributed by atoms with Gasteiger partial charge >= 0.3 is 0 Å². The fourth-order valence-electron chi connectivity index (χ4n) is 2.21. The minimum Gasteiger partial charge on any atom is -0.464 e. The van der Waals surface area contributed by atoms with Gasteiger partial charge in [0.1, 0.15) is 11.5 Å². The zero-order valence-corrected chi connectivity index (χ0v) is 12.2. The molecule has 0 atom stereocenters. The standard InChI is InChI=1S/C14H19N3OS/c1-9-3-6-11(18-9)8-17(2)14-16-13(10-4-5-10)12(7-15)19-14/h3,6,10H,4-5,7-8,15H2,1-2H3. The van der Waals surface area contributed by atoms with Gasteiger partial charge in [-0.1, -0.05) is 0 Å². The quantitative estimate of drug-likeness (QED) is 0.912. The molecule has 0 bridgehead atoms. The summed E-state index contributed by atoms with van der Waals surface area (Å²) < 4.78 is 5.61. The first kappa shape index (κ1) is 12.7. The molecule has 1 saturated carbocycles. The van der Waals surface area contributed by atoms with E-state index in [2.05, 4.69) is 4.90 Å². The maximum atomic E-state index is 5.82. The van der Waals surface area contributed by atoms with Crippen LogP contribution in [0, 0.1) is 6.92 Å². The fraction of sp³-hybridized carbons (Fsp3) is 0.500. The summed E-state index contributed by atoms with van der Waals surface area (Å²) in [5, 5.41) is 1.04. The van der Waals surface area contributed by atoms with Gasteiger partial charge in [-0.15, -0.1) is 11.3 Å². The zero-order chi connectivity index (χ0) is 13.4. The van der Waals surface area contributed by atoms with Crippen molar-refractivity contribution in [3.63, 3.8) is 0 Å². The minimum absolute atomic E-state index is 0.594. The molecule has 0 spiro atoms. The van der Waals surface area contributed by atoms with Crippen LogP contribution < -0.4 is 10.6 Å². The monoisotopic (exact) mass is 277 g/mol. The lowest BCUT2D eigenvalue weighted by molar-refractivity contribution is 0.481. The van der Waals surface area contributed by atoms with Crippen molar-refractivity contribution in [2.75, 3.05) is 11.9 Å². The maximum Gasteiger partial charge on any atom is 0.185 e. The van der Waals surface area contributed by atoms with E-state index >= 15 is 0 Å². The lowest BCUT2D eigenvalue weighted by atomic mass is 10.2. The molecule has 0 aromatic carbocycles. The molecule has 2 heterocycles. The average molecular weight is 277 g/mol. The Hall–Kier alpha value is -1.33. The molecule has 2 N–H and O–H groups in total. The highest BCUT2D eigenvalue weighted by Crippen LogP contribution is 2.44. The number of aryl methyl sites for hydroxylation is 1.